The second-order valence-corrected chi connectivity index (χ2v) is 7.14. The van der Waals surface area contributed by atoms with Crippen molar-refractivity contribution in [2.75, 3.05) is 5.32 Å². The van der Waals surface area contributed by atoms with Gasteiger partial charge in [0.05, 0.1) is 11.6 Å². The van der Waals surface area contributed by atoms with Gasteiger partial charge in [-0.3, -0.25) is 10.1 Å². The van der Waals surface area contributed by atoms with E-state index in [1.54, 1.807) is 18.3 Å². The van der Waals surface area contributed by atoms with E-state index in [-0.39, 0.29) is 5.91 Å². The molecule has 2 heterocycles. The molecule has 0 saturated carbocycles. The summed E-state index contributed by atoms with van der Waals surface area (Å²) in [5.41, 5.74) is 2.79. The van der Waals surface area contributed by atoms with Gasteiger partial charge in [0.15, 0.2) is 11.2 Å². The van der Waals surface area contributed by atoms with Crippen LogP contribution in [0.4, 0.5) is 5.13 Å². The van der Waals surface area contributed by atoms with Crippen LogP contribution in [0.1, 0.15) is 21.6 Å². The largest absolute Gasteiger partial charge is 0.480 e. The predicted molar refractivity (Wildman–Crippen MR) is 99.3 cm³/mol. The Morgan fingerprint density at radius 3 is 2.85 bits per heavy atom. The third-order valence-corrected chi connectivity index (χ3v) is 5.10. The van der Waals surface area contributed by atoms with Gasteiger partial charge in [-0.15, -0.1) is 11.3 Å². The Morgan fingerprint density at radius 1 is 1.27 bits per heavy atom. The van der Waals surface area contributed by atoms with Crippen LogP contribution in [0.3, 0.4) is 0 Å². The lowest BCUT2D eigenvalue weighted by Gasteiger charge is -2.09. The molecular weight excluding hydrogens is 346 g/mol. The number of nitrogens with zero attached hydrogens (tertiary/aromatic N) is 2. The normalized spacial score (nSPS) is 15.0. The molecule has 0 saturated heterocycles. The first-order valence-electron chi connectivity index (χ1n) is 8.20. The van der Waals surface area contributed by atoms with E-state index >= 15 is 0 Å². The second kappa shape index (κ2) is 6.98. The number of carbonyl (C=O) groups is 1. The highest BCUT2D eigenvalue weighted by Gasteiger charge is 2.29. The third kappa shape index (κ3) is 3.44. The standard InChI is InChI=1S/C20H15N3O2S/c21-11-14-7-5-13(6-8-14)9-16-12-22-20(26-16)23-19(24)18-10-15-3-1-2-4-17(15)25-18/h1-8,12,18H,9-10H2,(H,22,23,24)/t18-/m0/s1. The maximum atomic E-state index is 12.4. The lowest BCUT2D eigenvalue weighted by molar-refractivity contribution is -0.122. The number of anilines is 1. The van der Waals surface area contributed by atoms with Crippen LogP contribution in [0.2, 0.25) is 0 Å². The Hall–Kier alpha value is -3.17. The Bertz CT molecular complexity index is 964. The Labute approximate surface area is 154 Å². The molecule has 1 amide bonds. The molecular formula is C20H15N3O2S. The number of thiazole rings is 1. The van der Waals surface area contributed by atoms with Crippen LogP contribution < -0.4 is 10.1 Å². The average Bonchev–Trinajstić information content (AvgIpc) is 3.29. The van der Waals surface area contributed by atoms with Gasteiger partial charge >= 0.3 is 0 Å². The summed E-state index contributed by atoms with van der Waals surface area (Å²) in [6.07, 6.45) is 2.54. The highest BCUT2D eigenvalue weighted by Crippen LogP contribution is 2.29. The van der Waals surface area contributed by atoms with E-state index < -0.39 is 6.10 Å². The number of para-hydroxylation sites is 1. The van der Waals surface area contributed by atoms with Crippen molar-refractivity contribution in [2.24, 2.45) is 0 Å². The van der Waals surface area contributed by atoms with Crippen molar-refractivity contribution in [1.82, 2.24) is 4.98 Å². The molecule has 1 aromatic heterocycles. The zero-order valence-corrected chi connectivity index (χ0v) is 14.6. The number of hydrogen-bond donors (Lipinski definition) is 1. The molecule has 0 radical (unpaired) electrons. The summed E-state index contributed by atoms with van der Waals surface area (Å²) in [4.78, 5) is 17.7. The van der Waals surface area contributed by atoms with Gasteiger partial charge in [0.1, 0.15) is 5.75 Å². The van der Waals surface area contributed by atoms with E-state index in [0.717, 1.165) is 21.8 Å². The molecule has 1 aliphatic rings. The molecule has 0 bridgehead atoms. The number of hydrogen-bond acceptors (Lipinski definition) is 5. The van der Waals surface area contributed by atoms with Crippen LogP contribution in [0.25, 0.3) is 0 Å². The molecule has 1 atom stereocenters. The highest BCUT2D eigenvalue weighted by atomic mass is 32.1. The highest BCUT2D eigenvalue weighted by molar-refractivity contribution is 7.15. The van der Waals surface area contributed by atoms with Gasteiger partial charge in [0, 0.05) is 23.9 Å². The first kappa shape index (κ1) is 16.3. The van der Waals surface area contributed by atoms with E-state index in [9.17, 15) is 4.79 Å². The number of carbonyl (C=O) groups excluding carboxylic acids is 1. The number of benzene rings is 2. The van der Waals surface area contributed by atoms with Gasteiger partial charge in [0.25, 0.3) is 5.91 Å². The molecule has 1 aliphatic heterocycles. The third-order valence-electron chi connectivity index (χ3n) is 4.18. The van der Waals surface area contributed by atoms with E-state index in [4.69, 9.17) is 10.00 Å². The zero-order chi connectivity index (χ0) is 17.9. The number of aromatic nitrogens is 1. The maximum absolute atomic E-state index is 12.4. The first-order valence-corrected chi connectivity index (χ1v) is 9.02. The summed E-state index contributed by atoms with van der Waals surface area (Å²) in [6, 6.07) is 17.3. The number of ether oxygens (including phenoxy) is 1. The molecule has 0 unspecified atom stereocenters. The van der Waals surface area contributed by atoms with Crippen LogP contribution in [0.5, 0.6) is 5.75 Å². The van der Waals surface area contributed by atoms with Gasteiger partial charge in [-0.2, -0.15) is 5.26 Å². The fourth-order valence-electron chi connectivity index (χ4n) is 2.86. The lowest BCUT2D eigenvalue weighted by atomic mass is 10.1. The molecule has 0 fully saturated rings. The van der Waals surface area contributed by atoms with Gasteiger partial charge in [-0.25, -0.2) is 4.98 Å². The molecule has 26 heavy (non-hydrogen) atoms. The smallest absolute Gasteiger partial charge is 0.267 e. The maximum Gasteiger partial charge on any atom is 0.267 e. The summed E-state index contributed by atoms with van der Waals surface area (Å²) in [5, 5.41) is 12.3. The van der Waals surface area contributed by atoms with Crippen LogP contribution >= 0.6 is 11.3 Å². The topological polar surface area (TPSA) is 75.0 Å². The SMILES string of the molecule is N#Cc1ccc(Cc2cnc(NC(=O)[C@@H]3Cc4ccccc4O3)s2)cc1. The molecule has 6 heteroatoms. The van der Waals surface area contributed by atoms with Crippen molar-refractivity contribution in [3.05, 3.63) is 76.3 Å². The molecule has 3 aromatic rings. The lowest BCUT2D eigenvalue weighted by Crippen LogP contribution is -2.31. The van der Waals surface area contributed by atoms with Crippen molar-refractivity contribution < 1.29 is 9.53 Å². The number of amides is 1. The summed E-state index contributed by atoms with van der Waals surface area (Å²) in [5.74, 6) is 0.591. The Balaban J connectivity index is 1.38. The zero-order valence-electron chi connectivity index (χ0n) is 13.8. The molecule has 5 nitrogen and oxygen atoms in total. The number of fused-ring (bicyclic) bond motifs is 1. The number of rotatable bonds is 4. The summed E-state index contributed by atoms with van der Waals surface area (Å²) in [6.45, 7) is 0. The quantitative estimate of drug-likeness (QED) is 0.771. The molecule has 0 aliphatic carbocycles. The van der Waals surface area contributed by atoms with Crippen LogP contribution in [-0.4, -0.2) is 17.0 Å². The predicted octanol–water partition coefficient (Wildman–Crippen LogP) is 3.55. The van der Waals surface area contributed by atoms with Crippen molar-refractivity contribution in [3.8, 4) is 11.8 Å². The summed E-state index contributed by atoms with van der Waals surface area (Å²) < 4.78 is 5.70. The minimum atomic E-state index is -0.515. The van der Waals surface area contributed by atoms with Crippen molar-refractivity contribution in [3.63, 3.8) is 0 Å². The van der Waals surface area contributed by atoms with Crippen LogP contribution in [0, 0.1) is 11.3 Å². The van der Waals surface area contributed by atoms with Crippen LogP contribution in [0.15, 0.2) is 54.7 Å². The Morgan fingerprint density at radius 2 is 2.08 bits per heavy atom. The first-order chi connectivity index (χ1) is 12.7. The number of nitrogens with one attached hydrogen (secondary N) is 1. The second-order valence-electron chi connectivity index (χ2n) is 6.02. The number of nitriles is 1. The molecule has 128 valence electrons. The van der Waals surface area contributed by atoms with Gasteiger partial charge in [0.2, 0.25) is 0 Å². The monoisotopic (exact) mass is 361 g/mol. The average molecular weight is 361 g/mol. The fraction of sp³-hybridized carbons (Fsp3) is 0.150. The van der Waals surface area contributed by atoms with E-state index in [1.807, 2.05) is 36.4 Å². The van der Waals surface area contributed by atoms with Gasteiger partial charge in [-0.05, 0) is 29.3 Å². The molecule has 4 rings (SSSR count). The molecule has 1 N–H and O–H groups in total. The fourth-order valence-corrected chi connectivity index (χ4v) is 3.71. The minimum Gasteiger partial charge on any atom is -0.480 e. The van der Waals surface area contributed by atoms with E-state index in [0.29, 0.717) is 23.5 Å². The molecule has 0 spiro atoms. The van der Waals surface area contributed by atoms with Gasteiger partial charge in [-0.1, -0.05) is 30.3 Å². The van der Waals surface area contributed by atoms with Crippen molar-refractivity contribution in [1.29, 1.82) is 5.26 Å². The van der Waals surface area contributed by atoms with Crippen molar-refractivity contribution in [2.45, 2.75) is 18.9 Å². The minimum absolute atomic E-state index is 0.180. The van der Waals surface area contributed by atoms with E-state index in [1.165, 1.54) is 11.3 Å². The van der Waals surface area contributed by atoms with Gasteiger partial charge < -0.3 is 4.74 Å². The van der Waals surface area contributed by atoms with Crippen LogP contribution in [-0.2, 0) is 17.6 Å². The van der Waals surface area contributed by atoms with Crippen molar-refractivity contribution >= 4 is 22.4 Å². The Kier molecular flexibility index (Phi) is 4.38. The van der Waals surface area contributed by atoms with E-state index in [2.05, 4.69) is 16.4 Å². The summed E-state index contributed by atoms with van der Waals surface area (Å²) >= 11 is 1.45. The summed E-state index contributed by atoms with van der Waals surface area (Å²) in [7, 11) is 0. The molecule has 2 aromatic carbocycles.